The molecule has 142 valence electrons. The zero-order valence-corrected chi connectivity index (χ0v) is 15.8. The molecule has 1 aliphatic heterocycles. The Bertz CT molecular complexity index is 695. The third-order valence-electron chi connectivity index (χ3n) is 4.71. The van der Waals surface area contributed by atoms with Crippen molar-refractivity contribution in [3.63, 3.8) is 0 Å². The van der Waals surface area contributed by atoms with E-state index < -0.39 is 0 Å². The Balaban J connectivity index is 1.68. The number of nitrogens with zero attached hydrogens (tertiary/aromatic N) is 1. The number of nitrogens with one attached hydrogen (secondary N) is 1. The van der Waals surface area contributed by atoms with E-state index in [0.29, 0.717) is 6.54 Å². The lowest BCUT2D eigenvalue weighted by Crippen LogP contribution is -2.42. The van der Waals surface area contributed by atoms with Gasteiger partial charge in [-0.05, 0) is 25.1 Å². The van der Waals surface area contributed by atoms with Crippen LogP contribution < -0.4 is 14.8 Å². The number of morpholine rings is 1. The topological polar surface area (TPSA) is 56.1 Å². The van der Waals surface area contributed by atoms with Crippen LogP contribution in [0.4, 0.5) is 0 Å². The van der Waals surface area contributed by atoms with Crippen molar-refractivity contribution in [1.82, 2.24) is 10.2 Å². The van der Waals surface area contributed by atoms with E-state index in [-0.39, 0.29) is 6.04 Å². The Morgan fingerprint density at radius 1 is 1.12 bits per heavy atom. The highest BCUT2D eigenvalue weighted by Gasteiger charge is 2.25. The summed E-state index contributed by atoms with van der Waals surface area (Å²) in [6.45, 7) is 6.81. The highest BCUT2D eigenvalue weighted by atomic mass is 16.5. The summed E-state index contributed by atoms with van der Waals surface area (Å²) in [6, 6.07) is 10.2. The molecule has 1 unspecified atom stereocenters. The Hall–Kier alpha value is -2.02. The number of furan rings is 1. The smallest absolute Gasteiger partial charge is 0.165 e. The van der Waals surface area contributed by atoms with Crippen molar-refractivity contribution < 1.29 is 18.6 Å². The molecule has 1 aromatic heterocycles. The molecule has 0 saturated carbocycles. The third kappa shape index (κ3) is 4.38. The molecule has 6 heteroatoms. The highest BCUT2D eigenvalue weighted by Crippen LogP contribution is 2.31. The molecular weight excluding hydrogens is 332 g/mol. The lowest BCUT2D eigenvalue weighted by Gasteiger charge is -2.33. The van der Waals surface area contributed by atoms with Gasteiger partial charge < -0.3 is 23.9 Å². The molecule has 0 amide bonds. The average molecular weight is 360 g/mol. The second-order valence-electron chi connectivity index (χ2n) is 6.40. The second-order valence-corrected chi connectivity index (χ2v) is 6.40. The number of benzene rings is 1. The predicted molar refractivity (Wildman–Crippen MR) is 99.8 cm³/mol. The maximum atomic E-state index is 5.92. The Kier molecular flexibility index (Phi) is 6.55. The number of rotatable bonds is 8. The molecule has 1 aliphatic rings. The molecule has 0 radical (unpaired) electrons. The molecule has 1 aromatic carbocycles. The first-order chi connectivity index (χ1) is 12.7. The van der Waals surface area contributed by atoms with Gasteiger partial charge >= 0.3 is 0 Å². The summed E-state index contributed by atoms with van der Waals surface area (Å²) in [5.41, 5.74) is 1.07. The van der Waals surface area contributed by atoms with E-state index in [1.165, 1.54) is 0 Å². The summed E-state index contributed by atoms with van der Waals surface area (Å²) in [6.07, 6.45) is 0. The number of hydrogen-bond acceptors (Lipinski definition) is 6. The van der Waals surface area contributed by atoms with Crippen molar-refractivity contribution in [2.75, 3.05) is 47.1 Å². The first kappa shape index (κ1) is 18.8. The van der Waals surface area contributed by atoms with Gasteiger partial charge in [-0.2, -0.15) is 0 Å². The van der Waals surface area contributed by atoms with Gasteiger partial charge in [-0.1, -0.05) is 12.1 Å². The quantitative estimate of drug-likeness (QED) is 0.781. The van der Waals surface area contributed by atoms with E-state index in [0.717, 1.165) is 61.4 Å². The minimum Gasteiger partial charge on any atom is -0.493 e. The highest BCUT2D eigenvalue weighted by molar-refractivity contribution is 5.46. The minimum absolute atomic E-state index is 0.184. The number of methoxy groups -OCH3 is 2. The molecule has 2 aromatic rings. The number of hydrogen-bond donors (Lipinski definition) is 1. The fourth-order valence-corrected chi connectivity index (χ4v) is 3.37. The number of para-hydroxylation sites is 1. The van der Waals surface area contributed by atoms with Crippen molar-refractivity contribution in [2.24, 2.45) is 0 Å². The van der Waals surface area contributed by atoms with Gasteiger partial charge in [0, 0.05) is 31.7 Å². The predicted octanol–water partition coefficient (Wildman–Crippen LogP) is 2.77. The van der Waals surface area contributed by atoms with Crippen molar-refractivity contribution in [1.29, 1.82) is 0 Å². The third-order valence-corrected chi connectivity index (χ3v) is 4.71. The van der Waals surface area contributed by atoms with Gasteiger partial charge in [-0.15, -0.1) is 0 Å². The van der Waals surface area contributed by atoms with Crippen LogP contribution in [-0.2, 0) is 11.3 Å². The maximum Gasteiger partial charge on any atom is 0.165 e. The zero-order valence-electron chi connectivity index (χ0n) is 15.8. The molecular formula is C20H28N2O4. The zero-order chi connectivity index (χ0) is 18.4. The largest absolute Gasteiger partial charge is 0.493 e. The molecule has 2 heterocycles. The molecule has 0 bridgehead atoms. The lowest BCUT2D eigenvalue weighted by atomic mass is 10.1. The van der Waals surface area contributed by atoms with Crippen LogP contribution in [0.2, 0.25) is 0 Å². The Labute approximate surface area is 155 Å². The molecule has 1 saturated heterocycles. The van der Waals surface area contributed by atoms with Gasteiger partial charge in [0.2, 0.25) is 0 Å². The molecule has 1 N–H and O–H groups in total. The van der Waals surface area contributed by atoms with Gasteiger partial charge in [0.25, 0.3) is 0 Å². The first-order valence-electron chi connectivity index (χ1n) is 9.01. The molecule has 6 nitrogen and oxygen atoms in total. The maximum absolute atomic E-state index is 5.92. The molecule has 0 spiro atoms. The summed E-state index contributed by atoms with van der Waals surface area (Å²) in [5, 5.41) is 3.55. The van der Waals surface area contributed by atoms with Crippen LogP contribution in [0, 0.1) is 6.92 Å². The van der Waals surface area contributed by atoms with Crippen LogP contribution >= 0.6 is 0 Å². The van der Waals surface area contributed by atoms with Crippen LogP contribution in [0.3, 0.4) is 0 Å². The van der Waals surface area contributed by atoms with Gasteiger partial charge in [-0.25, -0.2) is 0 Å². The van der Waals surface area contributed by atoms with E-state index in [2.05, 4.69) is 22.3 Å². The normalized spacial score (nSPS) is 16.4. The Morgan fingerprint density at radius 2 is 1.92 bits per heavy atom. The first-order valence-corrected chi connectivity index (χ1v) is 9.01. The van der Waals surface area contributed by atoms with E-state index in [1.54, 1.807) is 14.2 Å². The Morgan fingerprint density at radius 3 is 2.58 bits per heavy atom. The van der Waals surface area contributed by atoms with Crippen LogP contribution in [0.1, 0.15) is 23.1 Å². The molecule has 1 fully saturated rings. The van der Waals surface area contributed by atoms with Gasteiger partial charge in [-0.3, -0.25) is 4.90 Å². The van der Waals surface area contributed by atoms with E-state index in [1.807, 2.05) is 25.1 Å². The number of aryl methyl sites for hydroxylation is 1. The van der Waals surface area contributed by atoms with Gasteiger partial charge in [0.1, 0.15) is 11.5 Å². The van der Waals surface area contributed by atoms with Crippen molar-refractivity contribution >= 4 is 0 Å². The molecule has 1 atom stereocenters. The summed E-state index contributed by atoms with van der Waals surface area (Å²) in [5.74, 6) is 3.46. The summed E-state index contributed by atoms with van der Waals surface area (Å²) < 4.78 is 22.3. The van der Waals surface area contributed by atoms with E-state index in [9.17, 15) is 0 Å². The van der Waals surface area contributed by atoms with Gasteiger partial charge in [0.05, 0.1) is 33.5 Å². The van der Waals surface area contributed by atoms with Crippen LogP contribution in [-0.4, -0.2) is 52.0 Å². The second kappa shape index (κ2) is 9.07. The molecule has 26 heavy (non-hydrogen) atoms. The monoisotopic (exact) mass is 360 g/mol. The summed E-state index contributed by atoms with van der Waals surface area (Å²) in [7, 11) is 3.33. The average Bonchev–Trinajstić information content (AvgIpc) is 3.11. The number of ether oxygens (including phenoxy) is 3. The van der Waals surface area contributed by atoms with Crippen molar-refractivity contribution in [2.45, 2.75) is 19.5 Å². The molecule has 0 aliphatic carbocycles. The summed E-state index contributed by atoms with van der Waals surface area (Å²) >= 11 is 0. The van der Waals surface area contributed by atoms with Crippen molar-refractivity contribution in [3.05, 3.63) is 47.4 Å². The molecule has 3 rings (SSSR count). The fraction of sp³-hybridized carbons (Fsp3) is 0.500. The minimum atomic E-state index is 0.184. The van der Waals surface area contributed by atoms with Gasteiger partial charge in [0.15, 0.2) is 11.5 Å². The van der Waals surface area contributed by atoms with Crippen LogP contribution in [0.5, 0.6) is 11.5 Å². The standard InChI is InChI=1S/C20H28N2O4/c1-15-7-8-18(26-15)17(22-9-11-25-12-10-22)14-21-13-16-5-4-6-19(23-2)20(16)24-3/h4-8,17,21H,9-14H2,1-3H3. The van der Waals surface area contributed by atoms with E-state index >= 15 is 0 Å². The van der Waals surface area contributed by atoms with Crippen molar-refractivity contribution in [3.8, 4) is 11.5 Å². The fourth-order valence-electron chi connectivity index (χ4n) is 3.37. The lowest BCUT2D eigenvalue weighted by molar-refractivity contribution is 0.0115. The summed E-state index contributed by atoms with van der Waals surface area (Å²) in [4.78, 5) is 2.41. The van der Waals surface area contributed by atoms with Crippen LogP contribution in [0.15, 0.2) is 34.7 Å². The SMILES string of the molecule is COc1cccc(CNCC(c2ccc(C)o2)N2CCOCC2)c1OC. The van der Waals surface area contributed by atoms with E-state index in [4.69, 9.17) is 18.6 Å². The van der Waals surface area contributed by atoms with Crippen LogP contribution in [0.25, 0.3) is 0 Å².